The van der Waals surface area contributed by atoms with Gasteiger partial charge in [0.1, 0.15) is 0 Å². The van der Waals surface area contributed by atoms with Crippen LogP contribution in [-0.4, -0.2) is 4.98 Å². The average Bonchev–Trinajstić information content (AvgIpc) is 3.38. The second-order valence-corrected chi connectivity index (χ2v) is 10.2. The molecule has 1 aliphatic carbocycles. The normalized spacial score (nSPS) is 11.5. The van der Waals surface area contributed by atoms with Crippen LogP contribution in [0.2, 0.25) is 0 Å². The zero-order chi connectivity index (χ0) is 25.6. The van der Waals surface area contributed by atoms with Crippen LogP contribution in [0.5, 0.6) is 0 Å². The third kappa shape index (κ3) is 4.79. The van der Waals surface area contributed by atoms with Crippen LogP contribution in [0.25, 0.3) is 67.7 Å². The van der Waals surface area contributed by atoms with Crippen molar-refractivity contribution in [3.05, 3.63) is 138 Å². The summed E-state index contributed by atoms with van der Waals surface area (Å²) in [6.07, 6.45) is 4.36. The van der Waals surface area contributed by atoms with Crippen molar-refractivity contribution >= 4 is 23.1 Å². The van der Waals surface area contributed by atoms with Crippen LogP contribution in [-0.2, 0) is 20.1 Å². The predicted octanol–water partition coefficient (Wildman–Crippen LogP) is 9.80. The number of pyridine rings is 1. The fourth-order valence-electron chi connectivity index (χ4n) is 5.35. The minimum atomic E-state index is 0. The molecule has 0 bridgehead atoms. The third-order valence-electron chi connectivity index (χ3n) is 7.45. The van der Waals surface area contributed by atoms with Crippen LogP contribution in [0.3, 0.4) is 0 Å². The van der Waals surface area contributed by atoms with E-state index in [1.807, 2.05) is 6.07 Å². The van der Waals surface area contributed by atoms with Crippen LogP contribution < -0.4 is 0 Å². The van der Waals surface area contributed by atoms with Gasteiger partial charge in [0.25, 0.3) is 0 Å². The smallest absolute Gasteiger partial charge is 0.0607 e. The molecule has 7 rings (SSSR count). The average molecular weight is 677 g/mol. The first-order chi connectivity index (χ1) is 18.6. The number of benzene rings is 5. The molecule has 1 nitrogen and oxygen atoms in total. The molecule has 0 unspecified atom stereocenters. The minimum Gasteiger partial charge on any atom is -0.296 e. The molecule has 1 heterocycles. The standard InChI is InChI=1S/C37H26N.Ir/c1-24-9-13-26(14-10-24)32-20-33(27-15-11-25(2)12-16-27)22-34(21-32)29-6-3-7-30(19-29)36-23-31-18-17-28-5-4-8-35(38-36)37(28)31;/h3-6,8-23H,1-2H3;/q-1;. The summed E-state index contributed by atoms with van der Waals surface area (Å²) in [4.78, 5) is 5.02. The van der Waals surface area contributed by atoms with E-state index < -0.39 is 0 Å². The molecule has 0 amide bonds. The van der Waals surface area contributed by atoms with E-state index in [1.165, 1.54) is 55.5 Å². The molecule has 1 aromatic heterocycles. The van der Waals surface area contributed by atoms with Gasteiger partial charge in [0.2, 0.25) is 0 Å². The minimum absolute atomic E-state index is 0. The van der Waals surface area contributed by atoms with Crippen LogP contribution in [0, 0.1) is 19.9 Å². The van der Waals surface area contributed by atoms with Gasteiger partial charge in [-0.05, 0) is 82.8 Å². The van der Waals surface area contributed by atoms with Crippen LogP contribution in [0.1, 0.15) is 22.3 Å². The molecule has 2 heteroatoms. The molecule has 0 saturated carbocycles. The Hall–Kier alpha value is -4.10. The van der Waals surface area contributed by atoms with Crippen molar-refractivity contribution in [2.24, 2.45) is 0 Å². The first-order valence-corrected chi connectivity index (χ1v) is 13.0. The summed E-state index contributed by atoms with van der Waals surface area (Å²) in [5.41, 5.74) is 15.2. The van der Waals surface area contributed by atoms with E-state index in [0.29, 0.717) is 0 Å². The number of nitrogens with zero attached hydrogens (tertiary/aromatic N) is 1. The number of aryl methyl sites for hydroxylation is 2. The first-order valence-electron chi connectivity index (χ1n) is 13.0. The SMILES string of the molecule is Cc1ccc(-c2cc(-c3ccc(C)cc3)cc(-c3cc[c-]c(-c4cc5c6c(cccc6n4)C=C5)c3)c2)cc1.[Ir]. The van der Waals surface area contributed by atoms with Gasteiger partial charge in [-0.1, -0.05) is 90.0 Å². The Kier molecular flexibility index (Phi) is 6.61. The van der Waals surface area contributed by atoms with Crippen LogP contribution >= 0.6 is 0 Å². The summed E-state index contributed by atoms with van der Waals surface area (Å²) in [7, 11) is 0. The summed E-state index contributed by atoms with van der Waals surface area (Å²) in [6.45, 7) is 4.26. The summed E-state index contributed by atoms with van der Waals surface area (Å²) in [6, 6.07) is 42.8. The van der Waals surface area contributed by atoms with Crippen molar-refractivity contribution in [2.45, 2.75) is 13.8 Å². The fraction of sp³-hybridized carbons (Fsp3) is 0.0541. The van der Waals surface area contributed by atoms with E-state index in [2.05, 4.69) is 135 Å². The maximum absolute atomic E-state index is 5.02. The third-order valence-corrected chi connectivity index (χ3v) is 7.45. The molecule has 1 aliphatic rings. The van der Waals surface area contributed by atoms with Gasteiger partial charge >= 0.3 is 0 Å². The maximum atomic E-state index is 5.02. The van der Waals surface area contributed by atoms with E-state index in [9.17, 15) is 0 Å². The number of aromatic nitrogens is 1. The molecule has 39 heavy (non-hydrogen) atoms. The number of hydrogen-bond acceptors (Lipinski definition) is 1. The van der Waals surface area contributed by atoms with Crippen LogP contribution in [0.15, 0.2) is 109 Å². The molecule has 5 aromatic carbocycles. The van der Waals surface area contributed by atoms with Gasteiger partial charge in [0, 0.05) is 25.5 Å². The molecule has 0 atom stereocenters. The van der Waals surface area contributed by atoms with E-state index >= 15 is 0 Å². The predicted molar refractivity (Wildman–Crippen MR) is 161 cm³/mol. The molecule has 6 aromatic rings. The van der Waals surface area contributed by atoms with E-state index in [1.54, 1.807) is 0 Å². The first kappa shape index (κ1) is 25.2. The molecule has 0 spiro atoms. The molecule has 0 fully saturated rings. The van der Waals surface area contributed by atoms with Gasteiger partial charge in [-0.2, -0.15) is 0 Å². The zero-order valence-electron chi connectivity index (χ0n) is 21.8. The zero-order valence-corrected chi connectivity index (χ0v) is 24.2. The largest absolute Gasteiger partial charge is 0.296 e. The molecule has 189 valence electrons. The van der Waals surface area contributed by atoms with Gasteiger partial charge in [-0.25, -0.2) is 0 Å². The Labute approximate surface area is 243 Å². The van der Waals surface area contributed by atoms with Crippen molar-refractivity contribution in [2.75, 3.05) is 0 Å². The molecule has 1 radical (unpaired) electrons. The van der Waals surface area contributed by atoms with Crippen molar-refractivity contribution in [3.63, 3.8) is 0 Å². The van der Waals surface area contributed by atoms with Crippen molar-refractivity contribution in [1.82, 2.24) is 4.98 Å². The number of hydrogen-bond donors (Lipinski definition) is 0. The monoisotopic (exact) mass is 677 g/mol. The molecule has 0 saturated heterocycles. The Balaban J connectivity index is 0.00000277. The Morgan fingerprint density at radius 3 is 1.77 bits per heavy atom. The van der Waals surface area contributed by atoms with Crippen molar-refractivity contribution < 1.29 is 20.1 Å². The molecule has 0 N–H and O–H groups in total. The Bertz CT molecular complexity index is 1800. The molecular formula is C37H26IrN-. The van der Waals surface area contributed by atoms with Crippen LogP contribution in [0.4, 0.5) is 0 Å². The summed E-state index contributed by atoms with van der Waals surface area (Å²) < 4.78 is 0. The van der Waals surface area contributed by atoms with E-state index in [0.717, 1.165) is 22.3 Å². The van der Waals surface area contributed by atoms with Gasteiger partial charge in [0.05, 0.1) is 5.52 Å². The van der Waals surface area contributed by atoms with E-state index in [4.69, 9.17) is 4.98 Å². The van der Waals surface area contributed by atoms with E-state index in [-0.39, 0.29) is 20.1 Å². The summed E-state index contributed by atoms with van der Waals surface area (Å²) in [5, 5.41) is 1.24. The number of rotatable bonds is 4. The molecule has 0 aliphatic heterocycles. The quantitative estimate of drug-likeness (QED) is 0.169. The summed E-state index contributed by atoms with van der Waals surface area (Å²) >= 11 is 0. The molecular weight excluding hydrogens is 651 g/mol. The second-order valence-electron chi connectivity index (χ2n) is 10.2. The Morgan fingerprint density at radius 2 is 1.13 bits per heavy atom. The van der Waals surface area contributed by atoms with Crippen molar-refractivity contribution in [1.29, 1.82) is 0 Å². The van der Waals surface area contributed by atoms with Gasteiger partial charge < -0.3 is 0 Å². The summed E-state index contributed by atoms with van der Waals surface area (Å²) in [5.74, 6) is 0. The maximum Gasteiger partial charge on any atom is 0.0607 e. The van der Waals surface area contributed by atoms with Gasteiger partial charge in [-0.3, -0.25) is 4.98 Å². The van der Waals surface area contributed by atoms with Crippen molar-refractivity contribution in [3.8, 4) is 44.6 Å². The fourth-order valence-corrected chi connectivity index (χ4v) is 5.35. The topological polar surface area (TPSA) is 12.9 Å². The van der Waals surface area contributed by atoms with Gasteiger partial charge in [0.15, 0.2) is 0 Å². The second kappa shape index (κ2) is 10.2. The Morgan fingerprint density at radius 1 is 0.538 bits per heavy atom. The van der Waals surface area contributed by atoms with Gasteiger partial charge in [-0.15, -0.1) is 35.4 Å².